The molecule has 0 bridgehead atoms. The van der Waals surface area contributed by atoms with E-state index in [1.165, 1.54) is 57.4 Å². The molecule has 2 aromatic carbocycles. The van der Waals surface area contributed by atoms with Gasteiger partial charge in [-0.1, -0.05) is 23.7 Å². The second-order valence-corrected chi connectivity index (χ2v) is 8.48. The van der Waals surface area contributed by atoms with Gasteiger partial charge in [0.2, 0.25) is 10.0 Å². The normalized spacial score (nSPS) is 12.5. The van der Waals surface area contributed by atoms with Crippen molar-refractivity contribution < 1.29 is 27.1 Å². The number of nitrogens with one attached hydrogen (secondary N) is 1. The van der Waals surface area contributed by atoms with Crippen molar-refractivity contribution in [3.63, 3.8) is 0 Å². The molecule has 0 saturated heterocycles. The Morgan fingerprint density at radius 2 is 1.82 bits per heavy atom. The summed E-state index contributed by atoms with van der Waals surface area (Å²) in [6.07, 6.45) is -1.25. The maximum atomic E-state index is 13.6. The number of halogens is 2. The van der Waals surface area contributed by atoms with Crippen LogP contribution in [0, 0.1) is 5.82 Å². The summed E-state index contributed by atoms with van der Waals surface area (Å²) in [5.74, 6) is -2.30. The molecule has 0 radical (unpaired) electrons. The van der Waals surface area contributed by atoms with E-state index in [-0.39, 0.29) is 21.2 Å². The van der Waals surface area contributed by atoms with E-state index in [9.17, 15) is 22.4 Å². The Balaban J connectivity index is 2.16. The van der Waals surface area contributed by atoms with Crippen LogP contribution in [0.4, 0.5) is 10.1 Å². The minimum Gasteiger partial charge on any atom is -0.449 e. The fraction of sp³-hybridized carbons (Fsp3) is 0.222. The molecule has 10 heteroatoms. The first-order valence-corrected chi connectivity index (χ1v) is 9.84. The van der Waals surface area contributed by atoms with Crippen molar-refractivity contribution >= 4 is 39.2 Å². The topological polar surface area (TPSA) is 92.8 Å². The average Bonchev–Trinajstić information content (AvgIpc) is 2.63. The maximum absolute atomic E-state index is 13.6. The Labute approximate surface area is 167 Å². The van der Waals surface area contributed by atoms with Crippen molar-refractivity contribution in [1.29, 1.82) is 0 Å². The number of hydrogen-bond donors (Lipinski definition) is 1. The molecule has 28 heavy (non-hydrogen) atoms. The zero-order valence-corrected chi connectivity index (χ0v) is 16.8. The first-order valence-electron chi connectivity index (χ1n) is 8.02. The van der Waals surface area contributed by atoms with Crippen LogP contribution >= 0.6 is 11.6 Å². The molecule has 0 fully saturated rings. The highest BCUT2D eigenvalue weighted by atomic mass is 35.5. The van der Waals surface area contributed by atoms with Gasteiger partial charge < -0.3 is 10.1 Å². The van der Waals surface area contributed by atoms with E-state index >= 15 is 0 Å². The van der Waals surface area contributed by atoms with Crippen LogP contribution in [0.25, 0.3) is 0 Å². The van der Waals surface area contributed by atoms with Gasteiger partial charge in [0.15, 0.2) is 6.10 Å². The SMILES string of the molecule is CC(OC(=O)c1ccc(Cl)c(S(=O)(=O)N(C)C)c1)C(=O)Nc1ccccc1F. The molecule has 0 spiro atoms. The number of para-hydroxylation sites is 1. The van der Waals surface area contributed by atoms with E-state index in [1.54, 1.807) is 0 Å². The number of anilines is 1. The first kappa shape index (κ1) is 21.8. The van der Waals surface area contributed by atoms with Crippen LogP contribution in [0.3, 0.4) is 0 Å². The van der Waals surface area contributed by atoms with Crippen LogP contribution in [0.2, 0.25) is 5.02 Å². The van der Waals surface area contributed by atoms with Crippen molar-refractivity contribution in [3.05, 3.63) is 58.9 Å². The fourth-order valence-electron chi connectivity index (χ4n) is 2.10. The Morgan fingerprint density at radius 3 is 2.43 bits per heavy atom. The van der Waals surface area contributed by atoms with Crippen molar-refractivity contribution in [2.75, 3.05) is 19.4 Å². The summed E-state index contributed by atoms with van der Waals surface area (Å²) in [4.78, 5) is 24.2. The number of carbonyl (C=O) groups excluding carboxylic acids is 2. The van der Waals surface area contributed by atoms with Crippen LogP contribution in [0.5, 0.6) is 0 Å². The van der Waals surface area contributed by atoms with Gasteiger partial charge in [-0.25, -0.2) is 21.9 Å². The van der Waals surface area contributed by atoms with Crippen LogP contribution < -0.4 is 5.32 Å². The molecule has 150 valence electrons. The second kappa shape index (κ2) is 8.68. The number of hydrogen-bond acceptors (Lipinski definition) is 5. The summed E-state index contributed by atoms with van der Waals surface area (Å²) in [5, 5.41) is 2.25. The quantitative estimate of drug-likeness (QED) is 0.714. The van der Waals surface area contributed by atoms with Gasteiger partial charge in [0.05, 0.1) is 16.3 Å². The van der Waals surface area contributed by atoms with Gasteiger partial charge in [0.25, 0.3) is 5.91 Å². The number of ether oxygens (including phenoxy) is 1. The van der Waals surface area contributed by atoms with Crippen LogP contribution in [-0.2, 0) is 19.6 Å². The number of carbonyl (C=O) groups is 2. The van der Waals surface area contributed by atoms with E-state index < -0.39 is 33.8 Å². The molecule has 0 aliphatic rings. The highest BCUT2D eigenvalue weighted by Crippen LogP contribution is 2.25. The predicted octanol–water partition coefficient (Wildman–Crippen LogP) is 2.91. The van der Waals surface area contributed by atoms with Gasteiger partial charge >= 0.3 is 5.97 Å². The standard InChI is InChI=1S/C18H18ClFN2O5S/c1-11(17(23)21-15-7-5-4-6-14(15)20)27-18(24)12-8-9-13(19)16(10-12)28(25,26)22(2)3/h4-11H,1-3H3,(H,21,23). The van der Waals surface area contributed by atoms with Crippen molar-refractivity contribution in [2.45, 2.75) is 17.9 Å². The van der Waals surface area contributed by atoms with Crippen molar-refractivity contribution in [2.24, 2.45) is 0 Å². The van der Waals surface area contributed by atoms with Crippen LogP contribution in [0.15, 0.2) is 47.4 Å². The number of esters is 1. The number of amides is 1. The smallest absolute Gasteiger partial charge is 0.338 e. The minimum absolute atomic E-state index is 0.0544. The molecule has 1 atom stereocenters. The molecule has 2 aromatic rings. The predicted molar refractivity (Wildman–Crippen MR) is 102 cm³/mol. The average molecular weight is 429 g/mol. The van der Waals surface area contributed by atoms with Gasteiger partial charge in [-0.15, -0.1) is 0 Å². The van der Waals surface area contributed by atoms with Gasteiger partial charge in [-0.2, -0.15) is 0 Å². The number of sulfonamides is 1. The molecule has 0 heterocycles. The van der Waals surface area contributed by atoms with E-state index in [4.69, 9.17) is 16.3 Å². The summed E-state index contributed by atoms with van der Waals surface area (Å²) in [5.41, 5.74) is -0.156. The highest BCUT2D eigenvalue weighted by molar-refractivity contribution is 7.89. The lowest BCUT2D eigenvalue weighted by Gasteiger charge is -2.16. The molecule has 0 aliphatic carbocycles. The van der Waals surface area contributed by atoms with Gasteiger partial charge in [-0.05, 0) is 37.3 Å². The summed E-state index contributed by atoms with van der Waals surface area (Å²) < 4.78 is 44.2. The molecule has 1 unspecified atom stereocenters. The first-order chi connectivity index (χ1) is 13.0. The van der Waals surface area contributed by atoms with Crippen LogP contribution in [0.1, 0.15) is 17.3 Å². The lowest BCUT2D eigenvalue weighted by Crippen LogP contribution is -2.30. The largest absolute Gasteiger partial charge is 0.449 e. The zero-order chi connectivity index (χ0) is 21.1. The van der Waals surface area contributed by atoms with E-state index in [0.29, 0.717) is 0 Å². The third-order valence-corrected chi connectivity index (χ3v) is 6.01. The van der Waals surface area contributed by atoms with Gasteiger partial charge in [0, 0.05) is 14.1 Å². The molecule has 1 N–H and O–H groups in total. The highest BCUT2D eigenvalue weighted by Gasteiger charge is 2.25. The van der Waals surface area contributed by atoms with Gasteiger partial charge in [0.1, 0.15) is 10.7 Å². The summed E-state index contributed by atoms with van der Waals surface area (Å²) >= 11 is 5.93. The third-order valence-electron chi connectivity index (χ3n) is 3.71. The molecule has 0 saturated carbocycles. The van der Waals surface area contributed by atoms with E-state index in [1.807, 2.05) is 0 Å². The minimum atomic E-state index is -3.88. The van der Waals surface area contributed by atoms with Gasteiger partial charge in [-0.3, -0.25) is 4.79 Å². The molecule has 7 nitrogen and oxygen atoms in total. The summed E-state index contributed by atoms with van der Waals surface area (Å²) in [6, 6.07) is 9.14. The number of rotatable bonds is 6. The monoisotopic (exact) mass is 428 g/mol. The lowest BCUT2D eigenvalue weighted by molar-refractivity contribution is -0.123. The molecule has 2 rings (SSSR count). The third kappa shape index (κ3) is 4.86. The maximum Gasteiger partial charge on any atom is 0.338 e. The summed E-state index contributed by atoms with van der Waals surface area (Å²) in [6.45, 7) is 1.31. The molecular formula is C18H18ClFN2O5S. The molecular weight excluding hydrogens is 411 g/mol. The Morgan fingerprint density at radius 1 is 1.18 bits per heavy atom. The van der Waals surface area contributed by atoms with Crippen LogP contribution in [-0.4, -0.2) is 44.8 Å². The Bertz CT molecular complexity index is 1010. The number of benzene rings is 2. The van der Waals surface area contributed by atoms with Crippen molar-refractivity contribution in [1.82, 2.24) is 4.31 Å². The van der Waals surface area contributed by atoms with E-state index in [0.717, 1.165) is 10.4 Å². The summed E-state index contributed by atoms with van der Waals surface area (Å²) in [7, 11) is -1.23. The fourth-order valence-corrected chi connectivity index (χ4v) is 3.50. The second-order valence-electron chi connectivity index (χ2n) is 5.95. The van der Waals surface area contributed by atoms with Crippen molar-refractivity contribution in [3.8, 4) is 0 Å². The molecule has 0 aliphatic heterocycles. The number of nitrogens with zero attached hydrogens (tertiary/aromatic N) is 1. The zero-order valence-electron chi connectivity index (χ0n) is 15.3. The van der Waals surface area contributed by atoms with E-state index in [2.05, 4.69) is 5.32 Å². The molecule has 0 aromatic heterocycles. The molecule has 1 amide bonds. The lowest BCUT2D eigenvalue weighted by atomic mass is 10.2. The Kier molecular flexibility index (Phi) is 6.76. The Hall–Kier alpha value is -2.49.